The quantitative estimate of drug-likeness (QED) is 0.406. The predicted octanol–water partition coefficient (Wildman–Crippen LogP) is -0.958. The summed E-state index contributed by atoms with van der Waals surface area (Å²) in [4.78, 5) is 0. The molecule has 0 unspecified atom stereocenters. The summed E-state index contributed by atoms with van der Waals surface area (Å²) in [6, 6.07) is 0. The molecular weight excluding hydrogens is 78.1 g/mol. The summed E-state index contributed by atoms with van der Waals surface area (Å²) in [5.41, 5.74) is 0. The van der Waals surface area contributed by atoms with Crippen molar-refractivity contribution in [3.05, 3.63) is 11.9 Å². The van der Waals surface area contributed by atoms with Crippen molar-refractivity contribution < 1.29 is 0 Å². The summed E-state index contributed by atoms with van der Waals surface area (Å²) >= 11 is 0. The molecule has 0 saturated heterocycles. The lowest BCUT2D eigenvalue weighted by Crippen LogP contribution is -2.01. The van der Waals surface area contributed by atoms with Crippen LogP contribution in [0.3, 0.4) is 0 Å². The van der Waals surface area contributed by atoms with Gasteiger partial charge in [0.05, 0.1) is 10.2 Å². The Kier molecular flexibility index (Phi) is 1.92. The van der Waals surface area contributed by atoms with Crippen molar-refractivity contribution in [3.8, 4) is 0 Å². The van der Waals surface area contributed by atoms with E-state index in [1.54, 1.807) is 0 Å². The van der Waals surface area contributed by atoms with Gasteiger partial charge in [-0.3, -0.25) is 0 Å². The minimum absolute atomic E-state index is 1.06. The number of hydrogen-bond acceptors (Lipinski definition) is 1. The zero-order valence-corrected chi connectivity index (χ0v) is 5.71. The molecule has 0 bridgehead atoms. The van der Waals surface area contributed by atoms with Crippen molar-refractivity contribution in [2.75, 3.05) is 7.05 Å². The lowest BCUT2D eigenvalue weighted by atomic mass is 11.0. The van der Waals surface area contributed by atoms with Crippen molar-refractivity contribution in [1.29, 1.82) is 0 Å². The van der Waals surface area contributed by atoms with Crippen molar-refractivity contribution in [3.63, 3.8) is 0 Å². The normalized spacial score (nSPS) is 7.40. The third-order valence-electron chi connectivity index (χ3n) is 0.427. The van der Waals surface area contributed by atoms with E-state index in [0.717, 1.165) is 15.6 Å². The third kappa shape index (κ3) is 3.76. The fraction of sp³-hybridized carbons (Fsp3) is 0.333. The second-order valence-corrected chi connectivity index (χ2v) is 2.24. The first-order valence-corrected chi connectivity index (χ1v) is 2.60. The summed E-state index contributed by atoms with van der Waals surface area (Å²) in [6.07, 6.45) is 0. The van der Waals surface area contributed by atoms with Gasteiger partial charge in [0, 0.05) is 7.05 Å². The maximum atomic E-state index is 3.62. The Hall–Kier alpha value is -0.243. The SMILES string of the molecule is C=C([SiH3])NC. The van der Waals surface area contributed by atoms with Gasteiger partial charge in [-0.2, -0.15) is 0 Å². The second-order valence-electron chi connectivity index (χ2n) is 1.03. The highest BCUT2D eigenvalue weighted by atomic mass is 28.1. The molecule has 2 heteroatoms. The van der Waals surface area contributed by atoms with E-state index in [1.165, 1.54) is 0 Å². The predicted molar refractivity (Wildman–Crippen MR) is 28.1 cm³/mol. The largest absolute Gasteiger partial charge is 0.396 e. The average molecular weight is 87.2 g/mol. The van der Waals surface area contributed by atoms with Crippen LogP contribution in [0.2, 0.25) is 0 Å². The first kappa shape index (κ1) is 4.76. The Balaban J connectivity index is 2.85. The maximum Gasteiger partial charge on any atom is 0.0579 e. The monoisotopic (exact) mass is 87.1 g/mol. The van der Waals surface area contributed by atoms with Crippen LogP contribution in [0.5, 0.6) is 0 Å². The van der Waals surface area contributed by atoms with Gasteiger partial charge in [-0.25, -0.2) is 0 Å². The summed E-state index contributed by atoms with van der Waals surface area (Å²) < 4.78 is 0. The average Bonchev–Trinajstić information content (AvgIpc) is 1.38. The maximum absolute atomic E-state index is 3.62. The zero-order valence-electron chi connectivity index (χ0n) is 3.71. The van der Waals surface area contributed by atoms with Gasteiger partial charge in [0.1, 0.15) is 0 Å². The summed E-state index contributed by atoms with van der Waals surface area (Å²) in [7, 11) is 2.95. The van der Waals surface area contributed by atoms with E-state index in [1.807, 2.05) is 7.05 Å². The van der Waals surface area contributed by atoms with E-state index < -0.39 is 0 Å². The molecule has 30 valence electrons. The van der Waals surface area contributed by atoms with Crippen LogP contribution in [0.4, 0.5) is 0 Å². The molecule has 0 aromatic rings. The number of rotatable bonds is 1. The molecule has 0 fully saturated rings. The van der Waals surface area contributed by atoms with Crippen molar-refractivity contribution in [1.82, 2.24) is 5.32 Å². The Bertz CT molecular complexity index is 42.2. The molecule has 1 N–H and O–H groups in total. The highest BCUT2D eigenvalue weighted by Crippen LogP contribution is 1.59. The highest BCUT2D eigenvalue weighted by Gasteiger charge is 1.62. The minimum atomic E-state index is 1.06. The van der Waals surface area contributed by atoms with Gasteiger partial charge in [-0.05, 0) is 5.32 Å². The van der Waals surface area contributed by atoms with Crippen molar-refractivity contribution in [2.24, 2.45) is 0 Å². The lowest BCUT2D eigenvalue weighted by Gasteiger charge is -1.88. The van der Waals surface area contributed by atoms with Crippen LogP contribution < -0.4 is 5.32 Å². The summed E-state index contributed by atoms with van der Waals surface area (Å²) in [5, 5.41) is 4.04. The smallest absolute Gasteiger partial charge is 0.0579 e. The zero-order chi connectivity index (χ0) is 4.28. The molecule has 0 radical (unpaired) electrons. The Labute approximate surface area is 35.5 Å². The molecule has 0 aromatic carbocycles. The van der Waals surface area contributed by atoms with Gasteiger partial charge >= 0.3 is 0 Å². The number of hydrogen-bond donors (Lipinski definition) is 1. The first-order valence-electron chi connectivity index (χ1n) is 1.60. The van der Waals surface area contributed by atoms with Crippen molar-refractivity contribution in [2.45, 2.75) is 0 Å². The fourth-order valence-electron chi connectivity index (χ4n) is 0. The van der Waals surface area contributed by atoms with E-state index >= 15 is 0 Å². The molecule has 0 rings (SSSR count). The molecule has 0 amide bonds. The van der Waals surface area contributed by atoms with Crippen LogP contribution in [0.15, 0.2) is 11.9 Å². The van der Waals surface area contributed by atoms with Gasteiger partial charge in [-0.1, -0.05) is 6.58 Å². The molecule has 5 heavy (non-hydrogen) atoms. The third-order valence-corrected chi connectivity index (χ3v) is 0.927. The van der Waals surface area contributed by atoms with Gasteiger partial charge in [0.2, 0.25) is 0 Å². The Morgan fingerprint density at radius 3 is 2.20 bits per heavy atom. The minimum Gasteiger partial charge on any atom is -0.396 e. The van der Waals surface area contributed by atoms with E-state index in [-0.39, 0.29) is 0 Å². The molecule has 0 heterocycles. The molecule has 0 saturated carbocycles. The molecule has 1 nitrogen and oxygen atoms in total. The number of nitrogens with one attached hydrogen (secondary N) is 1. The molecule has 0 atom stereocenters. The van der Waals surface area contributed by atoms with Crippen LogP contribution in [-0.2, 0) is 0 Å². The van der Waals surface area contributed by atoms with Gasteiger partial charge in [-0.15, -0.1) is 0 Å². The van der Waals surface area contributed by atoms with Gasteiger partial charge in [0.15, 0.2) is 0 Å². The molecule has 0 spiro atoms. The first-order chi connectivity index (χ1) is 2.27. The van der Waals surface area contributed by atoms with E-state index in [4.69, 9.17) is 0 Å². The van der Waals surface area contributed by atoms with E-state index in [2.05, 4.69) is 11.9 Å². The molecule has 0 aliphatic rings. The van der Waals surface area contributed by atoms with Crippen LogP contribution >= 0.6 is 0 Å². The molecular formula is C3H9NSi. The molecule has 0 aliphatic heterocycles. The lowest BCUT2D eigenvalue weighted by molar-refractivity contribution is 1.08. The van der Waals surface area contributed by atoms with E-state index in [9.17, 15) is 0 Å². The van der Waals surface area contributed by atoms with Gasteiger partial charge in [0.25, 0.3) is 0 Å². The Morgan fingerprint density at radius 2 is 2.20 bits per heavy atom. The molecule has 0 aliphatic carbocycles. The standard InChI is InChI=1S/C3H9NSi/c1-3(5)4-2/h4H,1H2,2,5H3. The van der Waals surface area contributed by atoms with Crippen molar-refractivity contribution >= 4 is 10.2 Å². The van der Waals surface area contributed by atoms with E-state index in [0.29, 0.717) is 0 Å². The molecule has 0 aromatic heterocycles. The topological polar surface area (TPSA) is 12.0 Å². The van der Waals surface area contributed by atoms with Crippen LogP contribution in [0.25, 0.3) is 0 Å². The summed E-state index contributed by atoms with van der Waals surface area (Å²) in [6.45, 7) is 3.62. The second kappa shape index (κ2) is 2.02. The van der Waals surface area contributed by atoms with Crippen LogP contribution in [0, 0.1) is 0 Å². The van der Waals surface area contributed by atoms with Crippen LogP contribution in [-0.4, -0.2) is 17.3 Å². The fourth-order valence-corrected chi connectivity index (χ4v) is 0. The van der Waals surface area contributed by atoms with Gasteiger partial charge < -0.3 is 5.32 Å². The summed E-state index contributed by atoms with van der Waals surface area (Å²) in [5.74, 6) is 0. The van der Waals surface area contributed by atoms with Crippen LogP contribution in [0.1, 0.15) is 0 Å². The highest BCUT2D eigenvalue weighted by molar-refractivity contribution is 6.20. The Morgan fingerprint density at radius 1 is 2.00 bits per heavy atom.